The molecule has 3 N–H and O–H groups in total. The highest BCUT2D eigenvalue weighted by molar-refractivity contribution is 7.80. The lowest BCUT2D eigenvalue weighted by molar-refractivity contribution is 0.287. The summed E-state index contributed by atoms with van der Waals surface area (Å²) < 4.78 is 26.2. The Balaban J connectivity index is 1.34. The summed E-state index contributed by atoms with van der Waals surface area (Å²) in [5, 5.41) is 9.99. The molecule has 0 radical (unpaired) electrons. The number of nitrogens with zero attached hydrogens (tertiary/aromatic N) is 4. The highest BCUT2D eigenvalue weighted by Gasteiger charge is 2.07. The molecule has 0 saturated heterocycles. The van der Waals surface area contributed by atoms with Crippen LogP contribution in [0.15, 0.2) is 43.1 Å². The normalized spacial score (nSPS) is 10.6. The first-order valence-electron chi connectivity index (χ1n) is 11.1. The number of thiocarbonyl (C=S) groups is 1. The van der Waals surface area contributed by atoms with Crippen LogP contribution in [0.5, 0.6) is 11.5 Å². The number of aromatic nitrogens is 4. The van der Waals surface area contributed by atoms with Gasteiger partial charge in [-0.2, -0.15) is 0 Å². The summed E-state index contributed by atoms with van der Waals surface area (Å²) in [6.45, 7) is 4.88. The Kier molecular flexibility index (Phi) is 9.83. The van der Waals surface area contributed by atoms with Crippen molar-refractivity contribution in [3.05, 3.63) is 54.6 Å². The number of halogens is 1. The number of ether oxygens (including phenoxy) is 2. The van der Waals surface area contributed by atoms with Gasteiger partial charge in [-0.3, -0.25) is 0 Å². The molecule has 9 nitrogen and oxygen atoms in total. The van der Waals surface area contributed by atoms with Crippen LogP contribution >= 0.6 is 12.2 Å². The van der Waals surface area contributed by atoms with Crippen LogP contribution < -0.4 is 25.4 Å². The summed E-state index contributed by atoms with van der Waals surface area (Å²) in [4.78, 5) is 11.8. The molecular formula is C23H30FN7O2S. The van der Waals surface area contributed by atoms with Gasteiger partial charge in [-0.25, -0.2) is 19.3 Å². The Labute approximate surface area is 204 Å². The van der Waals surface area contributed by atoms with Crippen LogP contribution in [-0.2, 0) is 6.54 Å². The van der Waals surface area contributed by atoms with Crippen molar-refractivity contribution in [3.8, 4) is 11.5 Å². The first kappa shape index (κ1) is 25.2. The van der Waals surface area contributed by atoms with Crippen LogP contribution in [0.2, 0.25) is 0 Å². The number of unbranched alkanes of at least 4 members (excludes halogenated alkanes) is 1. The second-order valence-corrected chi connectivity index (χ2v) is 7.94. The molecule has 0 fully saturated rings. The van der Waals surface area contributed by atoms with Crippen molar-refractivity contribution in [3.63, 3.8) is 0 Å². The maximum Gasteiger partial charge on any atom is 0.222 e. The topological polar surface area (TPSA) is 98.2 Å². The van der Waals surface area contributed by atoms with E-state index >= 15 is 0 Å². The number of benzene rings is 1. The summed E-state index contributed by atoms with van der Waals surface area (Å²) in [5.74, 6) is 1.25. The minimum absolute atomic E-state index is 0.410. The van der Waals surface area contributed by atoms with E-state index < -0.39 is 5.82 Å². The van der Waals surface area contributed by atoms with Gasteiger partial charge in [-0.15, -0.1) is 0 Å². The van der Waals surface area contributed by atoms with E-state index in [9.17, 15) is 4.39 Å². The van der Waals surface area contributed by atoms with Gasteiger partial charge in [0.15, 0.2) is 22.4 Å². The molecule has 0 bridgehead atoms. The Morgan fingerprint density at radius 3 is 2.65 bits per heavy atom. The van der Waals surface area contributed by atoms with Crippen molar-refractivity contribution >= 4 is 29.0 Å². The molecule has 0 aliphatic heterocycles. The second-order valence-electron chi connectivity index (χ2n) is 7.54. The van der Waals surface area contributed by atoms with E-state index in [4.69, 9.17) is 21.7 Å². The number of anilines is 2. The number of imidazole rings is 1. The number of aryl methyl sites for hydroxylation is 2. The number of methoxy groups -OCH3 is 1. The van der Waals surface area contributed by atoms with Crippen molar-refractivity contribution in [2.75, 3.05) is 37.4 Å². The lowest BCUT2D eigenvalue weighted by atomic mass is 10.2. The molecule has 0 aliphatic rings. The monoisotopic (exact) mass is 487 g/mol. The zero-order chi connectivity index (χ0) is 24.2. The maximum absolute atomic E-state index is 12.8. The van der Waals surface area contributed by atoms with Gasteiger partial charge in [-0.05, 0) is 50.5 Å². The molecule has 182 valence electrons. The second kappa shape index (κ2) is 13.3. The lowest BCUT2D eigenvalue weighted by Crippen LogP contribution is -2.29. The highest BCUT2D eigenvalue weighted by Crippen LogP contribution is 2.30. The van der Waals surface area contributed by atoms with Crippen LogP contribution in [-0.4, -0.2) is 51.4 Å². The summed E-state index contributed by atoms with van der Waals surface area (Å²) in [5.41, 5.74) is 1.96. The van der Waals surface area contributed by atoms with Gasteiger partial charge in [0.2, 0.25) is 5.95 Å². The zero-order valence-electron chi connectivity index (χ0n) is 19.4. The molecule has 0 saturated carbocycles. The van der Waals surface area contributed by atoms with Crippen molar-refractivity contribution in [1.82, 2.24) is 24.8 Å². The molecule has 0 aliphatic carbocycles. The number of nitrogens with one attached hydrogen (secondary N) is 3. The molecule has 0 spiro atoms. The molecule has 1 aromatic carbocycles. The standard InChI is InChI=1S/C23H30FN7O2S/c1-17-13-25-16-31(17)10-5-9-27-23(34)30-19-6-7-20(21(12-19)32-2)33-11-4-3-8-26-22-28-14-18(24)15-29-22/h6-7,12-16H,3-5,8-11H2,1-2H3,(H,26,28,29)(H2,27,30,34). The molecule has 11 heteroatoms. The summed E-state index contributed by atoms with van der Waals surface area (Å²) >= 11 is 5.39. The van der Waals surface area contributed by atoms with Gasteiger partial charge >= 0.3 is 0 Å². The van der Waals surface area contributed by atoms with E-state index in [1.54, 1.807) is 7.11 Å². The molecule has 0 amide bonds. The predicted octanol–water partition coefficient (Wildman–Crippen LogP) is 3.78. The molecule has 0 atom stereocenters. The minimum atomic E-state index is -0.455. The van der Waals surface area contributed by atoms with E-state index in [1.807, 2.05) is 37.6 Å². The Morgan fingerprint density at radius 2 is 1.91 bits per heavy atom. The van der Waals surface area contributed by atoms with Gasteiger partial charge in [0.1, 0.15) is 0 Å². The van der Waals surface area contributed by atoms with Crippen molar-refractivity contribution in [2.45, 2.75) is 32.7 Å². The van der Waals surface area contributed by atoms with Crippen molar-refractivity contribution < 1.29 is 13.9 Å². The van der Waals surface area contributed by atoms with E-state index in [-0.39, 0.29) is 0 Å². The van der Waals surface area contributed by atoms with Gasteiger partial charge in [0.05, 0.1) is 32.4 Å². The van der Waals surface area contributed by atoms with Crippen molar-refractivity contribution in [2.24, 2.45) is 0 Å². The molecule has 2 heterocycles. The highest BCUT2D eigenvalue weighted by atomic mass is 32.1. The van der Waals surface area contributed by atoms with Crippen LogP contribution in [0.4, 0.5) is 16.0 Å². The van der Waals surface area contributed by atoms with E-state index in [0.717, 1.165) is 56.1 Å². The van der Waals surface area contributed by atoms with E-state index in [0.29, 0.717) is 35.7 Å². The van der Waals surface area contributed by atoms with Gasteiger partial charge in [-0.1, -0.05) is 0 Å². The van der Waals surface area contributed by atoms with Gasteiger partial charge in [0.25, 0.3) is 0 Å². The fraction of sp³-hybridized carbons (Fsp3) is 0.391. The van der Waals surface area contributed by atoms with E-state index in [1.165, 1.54) is 0 Å². The maximum atomic E-state index is 12.8. The first-order valence-corrected chi connectivity index (χ1v) is 11.5. The molecule has 2 aromatic heterocycles. The number of rotatable bonds is 13. The minimum Gasteiger partial charge on any atom is -0.493 e. The predicted molar refractivity (Wildman–Crippen MR) is 134 cm³/mol. The van der Waals surface area contributed by atoms with Crippen molar-refractivity contribution in [1.29, 1.82) is 0 Å². The summed E-state index contributed by atoms with van der Waals surface area (Å²) in [6, 6.07) is 5.61. The first-order chi connectivity index (χ1) is 16.5. The van der Waals surface area contributed by atoms with Crippen LogP contribution in [0.25, 0.3) is 0 Å². The molecule has 34 heavy (non-hydrogen) atoms. The number of hydrogen-bond donors (Lipinski definition) is 3. The van der Waals surface area contributed by atoms with Crippen LogP contribution in [0.3, 0.4) is 0 Å². The summed E-state index contributed by atoms with van der Waals surface area (Å²) in [6.07, 6.45) is 8.56. The fourth-order valence-corrected chi connectivity index (χ4v) is 3.35. The quantitative estimate of drug-likeness (QED) is 0.246. The lowest BCUT2D eigenvalue weighted by Gasteiger charge is -2.14. The average molecular weight is 488 g/mol. The van der Waals surface area contributed by atoms with E-state index in [2.05, 4.69) is 35.5 Å². The SMILES string of the molecule is COc1cc(NC(=S)NCCCn2cncc2C)ccc1OCCCCNc1ncc(F)cn1. The van der Waals surface area contributed by atoms with Gasteiger partial charge in [0, 0.05) is 43.3 Å². The number of hydrogen-bond acceptors (Lipinski definition) is 7. The smallest absolute Gasteiger partial charge is 0.222 e. The van der Waals surface area contributed by atoms with Crippen LogP contribution in [0.1, 0.15) is 25.0 Å². The Bertz CT molecular complexity index is 1050. The third-order valence-corrected chi connectivity index (χ3v) is 5.18. The Morgan fingerprint density at radius 1 is 1.09 bits per heavy atom. The zero-order valence-corrected chi connectivity index (χ0v) is 20.2. The molecular weight excluding hydrogens is 457 g/mol. The van der Waals surface area contributed by atoms with Crippen LogP contribution in [0, 0.1) is 12.7 Å². The molecule has 0 unspecified atom stereocenters. The van der Waals surface area contributed by atoms with Gasteiger partial charge < -0.3 is 30.0 Å². The largest absolute Gasteiger partial charge is 0.493 e. The third kappa shape index (κ3) is 8.14. The molecule has 3 rings (SSSR count). The fourth-order valence-electron chi connectivity index (χ4n) is 3.13. The third-order valence-electron chi connectivity index (χ3n) is 4.94. The Hall–Kier alpha value is -3.47. The molecule has 3 aromatic rings. The average Bonchev–Trinajstić information content (AvgIpc) is 3.25. The summed E-state index contributed by atoms with van der Waals surface area (Å²) in [7, 11) is 1.60.